The normalized spacial score (nSPS) is 13.9. The van der Waals surface area contributed by atoms with Crippen LogP contribution >= 0.6 is 0 Å². The predicted molar refractivity (Wildman–Crippen MR) is 62.5 cm³/mol. The minimum atomic E-state index is -0.0991. The second-order valence-electron chi connectivity index (χ2n) is 4.44. The van der Waals surface area contributed by atoms with Crippen LogP contribution in [0.25, 0.3) is 0 Å². The van der Waals surface area contributed by atoms with Gasteiger partial charge in [0.05, 0.1) is 6.10 Å². The van der Waals surface area contributed by atoms with Crippen molar-refractivity contribution in [3.63, 3.8) is 0 Å². The second kappa shape index (κ2) is 8.25. The summed E-state index contributed by atoms with van der Waals surface area (Å²) < 4.78 is 0. The standard InChI is InChI=1S/C12H27NO/c1-5-13(6-2)10-9-12(14)8-7-11(3)4/h11-12,14H,5-10H2,1-4H3. The molecule has 0 aliphatic rings. The van der Waals surface area contributed by atoms with Crippen molar-refractivity contribution in [2.24, 2.45) is 5.92 Å². The molecule has 0 aliphatic carbocycles. The molecule has 0 spiro atoms. The first-order valence-corrected chi connectivity index (χ1v) is 6.00. The van der Waals surface area contributed by atoms with Crippen molar-refractivity contribution in [2.45, 2.75) is 53.1 Å². The summed E-state index contributed by atoms with van der Waals surface area (Å²) >= 11 is 0. The van der Waals surface area contributed by atoms with Crippen LogP contribution in [0.5, 0.6) is 0 Å². The van der Waals surface area contributed by atoms with Gasteiger partial charge < -0.3 is 10.0 Å². The Morgan fingerprint density at radius 2 is 1.57 bits per heavy atom. The van der Waals surface area contributed by atoms with Crippen molar-refractivity contribution >= 4 is 0 Å². The molecule has 0 fully saturated rings. The van der Waals surface area contributed by atoms with E-state index >= 15 is 0 Å². The number of aliphatic hydroxyl groups excluding tert-OH is 1. The van der Waals surface area contributed by atoms with Crippen molar-refractivity contribution in [3.05, 3.63) is 0 Å². The fourth-order valence-electron chi connectivity index (χ4n) is 1.54. The maximum Gasteiger partial charge on any atom is 0.0552 e. The molecule has 0 saturated carbocycles. The highest BCUT2D eigenvalue weighted by Crippen LogP contribution is 2.09. The molecule has 0 saturated heterocycles. The molecule has 0 aromatic heterocycles. The number of aliphatic hydroxyl groups is 1. The van der Waals surface area contributed by atoms with Gasteiger partial charge >= 0.3 is 0 Å². The molecule has 0 rings (SSSR count). The van der Waals surface area contributed by atoms with Gasteiger partial charge in [0.1, 0.15) is 0 Å². The van der Waals surface area contributed by atoms with Crippen molar-refractivity contribution < 1.29 is 5.11 Å². The number of nitrogens with zero attached hydrogens (tertiary/aromatic N) is 1. The Kier molecular flexibility index (Phi) is 8.20. The van der Waals surface area contributed by atoms with E-state index in [4.69, 9.17) is 0 Å². The average Bonchev–Trinajstić information content (AvgIpc) is 2.16. The Morgan fingerprint density at radius 3 is 2.00 bits per heavy atom. The second-order valence-corrected chi connectivity index (χ2v) is 4.44. The van der Waals surface area contributed by atoms with Crippen LogP contribution in [0.15, 0.2) is 0 Å². The van der Waals surface area contributed by atoms with Gasteiger partial charge in [-0.25, -0.2) is 0 Å². The highest BCUT2D eigenvalue weighted by molar-refractivity contribution is 4.61. The van der Waals surface area contributed by atoms with E-state index < -0.39 is 0 Å². The van der Waals surface area contributed by atoms with Crippen LogP contribution in [-0.4, -0.2) is 35.7 Å². The molecule has 2 heteroatoms. The van der Waals surface area contributed by atoms with Gasteiger partial charge in [0, 0.05) is 6.54 Å². The Hall–Kier alpha value is -0.0800. The third-order valence-corrected chi connectivity index (χ3v) is 2.75. The van der Waals surface area contributed by atoms with Gasteiger partial charge in [0.25, 0.3) is 0 Å². The monoisotopic (exact) mass is 201 g/mol. The fraction of sp³-hybridized carbons (Fsp3) is 1.00. The molecule has 0 radical (unpaired) electrons. The molecule has 1 N–H and O–H groups in total. The zero-order valence-corrected chi connectivity index (χ0v) is 10.3. The average molecular weight is 201 g/mol. The summed E-state index contributed by atoms with van der Waals surface area (Å²) in [6, 6.07) is 0. The van der Waals surface area contributed by atoms with E-state index in [1.165, 1.54) is 0 Å². The van der Waals surface area contributed by atoms with E-state index in [0.717, 1.165) is 38.9 Å². The van der Waals surface area contributed by atoms with E-state index in [9.17, 15) is 5.11 Å². The van der Waals surface area contributed by atoms with Crippen LogP contribution in [0.1, 0.15) is 47.0 Å². The van der Waals surface area contributed by atoms with E-state index in [0.29, 0.717) is 5.92 Å². The molecule has 0 amide bonds. The maximum atomic E-state index is 9.71. The Morgan fingerprint density at radius 1 is 1.00 bits per heavy atom. The van der Waals surface area contributed by atoms with Gasteiger partial charge in [-0.05, 0) is 38.3 Å². The number of hydrogen-bond acceptors (Lipinski definition) is 2. The van der Waals surface area contributed by atoms with E-state index in [-0.39, 0.29) is 6.10 Å². The molecule has 0 aliphatic heterocycles. The molecular formula is C12H27NO. The zero-order chi connectivity index (χ0) is 11.0. The predicted octanol–water partition coefficient (Wildman–Crippen LogP) is 2.52. The molecule has 86 valence electrons. The summed E-state index contributed by atoms with van der Waals surface area (Å²) in [5, 5.41) is 9.71. The van der Waals surface area contributed by atoms with Gasteiger partial charge in [-0.1, -0.05) is 27.7 Å². The van der Waals surface area contributed by atoms with Crippen molar-refractivity contribution in [3.8, 4) is 0 Å². The van der Waals surface area contributed by atoms with Gasteiger partial charge in [-0.15, -0.1) is 0 Å². The summed E-state index contributed by atoms with van der Waals surface area (Å²) in [4.78, 5) is 2.36. The van der Waals surface area contributed by atoms with Gasteiger partial charge in [-0.3, -0.25) is 0 Å². The summed E-state index contributed by atoms with van der Waals surface area (Å²) in [7, 11) is 0. The zero-order valence-electron chi connectivity index (χ0n) is 10.3. The lowest BCUT2D eigenvalue weighted by Gasteiger charge is -2.20. The van der Waals surface area contributed by atoms with Crippen molar-refractivity contribution in [2.75, 3.05) is 19.6 Å². The first kappa shape index (κ1) is 13.9. The summed E-state index contributed by atoms with van der Waals surface area (Å²) in [6.45, 7) is 12.0. The van der Waals surface area contributed by atoms with Crippen LogP contribution in [0.4, 0.5) is 0 Å². The van der Waals surface area contributed by atoms with Crippen LogP contribution in [-0.2, 0) is 0 Å². The van der Waals surface area contributed by atoms with Gasteiger partial charge in [0.2, 0.25) is 0 Å². The molecule has 0 aromatic rings. The van der Waals surface area contributed by atoms with Crippen LogP contribution < -0.4 is 0 Å². The van der Waals surface area contributed by atoms with E-state index in [1.807, 2.05) is 0 Å². The van der Waals surface area contributed by atoms with E-state index in [1.54, 1.807) is 0 Å². The SMILES string of the molecule is CCN(CC)CCC(O)CCC(C)C. The van der Waals surface area contributed by atoms with Crippen molar-refractivity contribution in [1.82, 2.24) is 4.90 Å². The Labute approximate surface area is 89.3 Å². The minimum Gasteiger partial charge on any atom is -0.393 e. The van der Waals surface area contributed by atoms with Crippen LogP contribution in [0.2, 0.25) is 0 Å². The first-order chi connectivity index (χ1) is 6.60. The van der Waals surface area contributed by atoms with E-state index in [2.05, 4.69) is 32.6 Å². The van der Waals surface area contributed by atoms with Crippen molar-refractivity contribution in [1.29, 1.82) is 0 Å². The first-order valence-electron chi connectivity index (χ1n) is 6.00. The quantitative estimate of drug-likeness (QED) is 0.652. The highest BCUT2D eigenvalue weighted by atomic mass is 16.3. The Balaban J connectivity index is 3.46. The Bertz CT molecular complexity index is 121. The topological polar surface area (TPSA) is 23.5 Å². The lowest BCUT2D eigenvalue weighted by Crippen LogP contribution is -2.27. The molecule has 0 aromatic carbocycles. The van der Waals surface area contributed by atoms with Crippen LogP contribution in [0.3, 0.4) is 0 Å². The molecule has 14 heavy (non-hydrogen) atoms. The summed E-state index contributed by atoms with van der Waals surface area (Å²) in [6.07, 6.45) is 2.92. The molecule has 0 bridgehead atoms. The summed E-state index contributed by atoms with van der Waals surface area (Å²) in [5.74, 6) is 0.707. The highest BCUT2D eigenvalue weighted by Gasteiger charge is 2.07. The van der Waals surface area contributed by atoms with Crippen LogP contribution in [0, 0.1) is 5.92 Å². The minimum absolute atomic E-state index is 0.0991. The molecular weight excluding hydrogens is 174 g/mol. The molecule has 0 heterocycles. The van der Waals surface area contributed by atoms with Gasteiger partial charge in [0.15, 0.2) is 0 Å². The van der Waals surface area contributed by atoms with Gasteiger partial charge in [-0.2, -0.15) is 0 Å². The molecule has 2 nitrogen and oxygen atoms in total. The number of hydrogen-bond donors (Lipinski definition) is 1. The maximum absolute atomic E-state index is 9.71. The lowest BCUT2D eigenvalue weighted by atomic mass is 10.0. The smallest absolute Gasteiger partial charge is 0.0552 e. The summed E-state index contributed by atoms with van der Waals surface area (Å²) in [5.41, 5.74) is 0. The number of rotatable bonds is 8. The fourth-order valence-corrected chi connectivity index (χ4v) is 1.54. The molecule has 1 atom stereocenters. The third kappa shape index (κ3) is 7.34. The largest absolute Gasteiger partial charge is 0.393 e. The lowest BCUT2D eigenvalue weighted by molar-refractivity contribution is 0.129. The molecule has 1 unspecified atom stereocenters. The third-order valence-electron chi connectivity index (χ3n) is 2.75.